The van der Waals surface area contributed by atoms with Gasteiger partial charge in [0.25, 0.3) is 0 Å². The summed E-state index contributed by atoms with van der Waals surface area (Å²) in [4.78, 5) is 2.44. The fourth-order valence-electron chi connectivity index (χ4n) is 2.65. The number of hydrogen-bond acceptors (Lipinski definition) is 3. The molecule has 1 saturated carbocycles. The van der Waals surface area contributed by atoms with E-state index in [9.17, 15) is 0 Å². The summed E-state index contributed by atoms with van der Waals surface area (Å²) in [6.45, 7) is 2.04. The summed E-state index contributed by atoms with van der Waals surface area (Å²) in [5, 5.41) is 0. The van der Waals surface area contributed by atoms with Crippen LogP contribution < -0.4 is 9.47 Å². The van der Waals surface area contributed by atoms with Crippen LogP contribution in [0.25, 0.3) is 0 Å². The van der Waals surface area contributed by atoms with E-state index >= 15 is 0 Å². The van der Waals surface area contributed by atoms with Crippen molar-refractivity contribution in [3.05, 3.63) is 24.3 Å². The van der Waals surface area contributed by atoms with Gasteiger partial charge in [-0.3, -0.25) is 0 Å². The predicted octanol–water partition coefficient (Wildman–Crippen LogP) is 3.09. The summed E-state index contributed by atoms with van der Waals surface area (Å²) in [5.41, 5.74) is 0. The van der Waals surface area contributed by atoms with Gasteiger partial charge in [0.15, 0.2) is 0 Å². The van der Waals surface area contributed by atoms with Crippen molar-refractivity contribution < 1.29 is 9.47 Å². The zero-order valence-corrected chi connectivity index (χ0v) is 11.7. The molecule has 0 N–H and O–H groups in total. The molecule has 0 amide bonds. The van der Waals surface area contributed by atoms with Crippen LogP contribution in [0.2, 0.25) is 0 Å². The molecule has 104 valence electrons. The number of likely N-dealkylation sites (tertiary alicyclic amines) is 1. The molecular weight excluding hydrogens is 238 g/mol. The first-order chi connectivity index (χ1) is 9.31. The Hall–Kier alpha value is -1.22. The Morgan fingerprint density at radius 1 is 1.11 bits per heavy atom. The van der Waals surface area contributed by atoms with Crippen LogP contribution in [-0.2, 0) is 0 Å². The van der Waals surface area contributed by atoms with Gasteiger partial charge in [-0.05, 0) is 70.0 Å². The van der Waals surface area contributed by atoms with Gasteiger partial charge in [-0.25, -0.2) is 0 Å². The molecule has 1 aliphatic heterocycles. The van der Waals surface area contributed by atoms with Crippen molar-refractivity contribution in [1.29, 1.82) is 0 Å². The van der Waals surface area contributed by atoms with Crippen molar-refractivity contribution >= 4 is 0 Å². The van der Waals surface area contributed by atoms with Crippen LogP contribution in [0, 0.1) is 0 Å². The molecule has 1 aromatic rings. The van der Waals surface area contributed by atoms with Crippen LogP contribution in [-0.4, -0.2) is 37.2 Å². The molecule has 19 heavy (non-hydrogen) atoms. The normalized spacial score (nSPS) is 23.5. The first kappa shape index (κ1) is 12.8. The van der Waals surface area contributed by atoms with Gasteiger partial charge in [-0.2, -0.15) is 0 Å². The molecule has 3 rings (SSSR count). The molecule has 0 bridgehead atoms. The maximum absolute atomic E-state index is 5.81. The van der Waals surface area contributed by atoms with E-state index in [1.54, 1.807) is 0 Å². The summed E-state index contributed by atoms with van der Waals surface area (Å²) in [6, 6.07) is 8.74. The van der Waals surface area contributed by atoms with Crippen LogP contribution >= 0.6 is 0 Å². The summed E-state index contributed by atoms with van der Waals surface area (Å²) in [6.07, 6.45) is 6.63. The van der Waals surface area contributed by atoms with E-state index in [2.05, 4.69) is 11.9 Å². The molecule has 2 fully saturated rings. The van der Waals surface area contributed by atoms with Crippen molar-refractivity contribution in [1.82, 2.24) is 4.90 Å². The fourth-order valence-corrected chi connectivity index (χ4v) is 2.65. The Morgan fingerprint density at radius 3 is 2.47 bits per heavy atom. The zero-order chi connectivity index (χ0) is 13.1. The van der Waals surface area contributed by atoms with Crippen molar-refractivity contribution in [2.24, 2.45) is 0 Å². The minimum absolute atomic E-state index is 0.463. The Balaban J connectivity index is 1.41. The van der Waals surface area contributed by atoms with Crippen LogP contribution in [0.4, 0.5) is 0 Å². The Kier molecular flexibility index (Phi) is 3.92. The lowest BCUT2D eigenvalue weighted by atomic mass is 10.1. The van der Waals surface area contributed by atoms with Gasteiger partial charge in [0.1, 0.15) is 11.5 Å². The van der Waals surface area contributed by atoms with Gasteiger partial charge in [0, 0.05) is 6.04 Å². The highest BCUT2D eigenvalue weighted by Gasteiger charge is 2.23. The molecule has 1 unspecified atom stereocenters. The van der Waals surface area contributed by atoms with Crippen molar-refractivity contribution in [2.45, 2.75) is 44.2 Å². The second-order valence-corrected chi connectivity index (χ2v) is 5.70. The predicted molar refractivity (Wildman–Crippen MR) is 75.9 cm³/mol. The largest absolute Gasteiger partial charge is 0.494 e. The van der Waals surface area contributed by atoms with Gasteiger partial charge in [0.05, 0.1) is 12.7 Å². The number of benzene rings is 1. The highest BCUT2D eigenvalue weighted by Crippen LogP contribution is 2.28. The van der Waals surface area contributed by atoms with E-state index in [1.807, 2.05) is 24.3 Å². The third-order valence-corrected chi connectivity index (χ3v) is 4.04. The number of ether oxygens (including phenoxy) is 2. The second-order valence-electron chi connectivity index (χ2n) is 5.70. The van der Waals surface area contributed by atoms with Crippen LogP contribution in [0.3, 0.4) is 0 Å². The van der Waals surface area contributed by atoms with Crippen LogP contribution in [0.1, 0.15) is 32.1 Å². The van der Waals surface area contributed by atoms with E-state index in [4.69, 9.17) is 9.47 Å². The zero-order valence-electron chi connectivity index (χ0n) is 11.7. The van der Waals surface area contributed by atoms with E-state index in [-0.39, 0.29) is 0 Å². The Morgan fingerprint density at radius 2 is 1.84 bits per heavy atom. The fraction of sp³-hybridized carbons (Fsp3) is 0.625. The number of nitrogens with zero attached hydrogens (tertiary/aromatic N) is 1. The Labute approximate surface area is 115 Å². The first-order valence-electron chi connectivity index (χ1n) is 7.41. The van der Waals surface area contributed by atoms with Gasteiger partial charge < -0.3 is 14.4 Å². The lowest BCUT2D eigenvalue weighted by Crippen LogP contribution is -2.26. The van der Waals surface area contributed by atoms with E-state index in [0.717, 1.165) is 24.5 Å². The van der Waals surface area contributed by atoms with Gasteiger partial charge in [-0.1, -0.05) is 0 Å². The molecule has 3 heteroatoms. The average molecular weight is 261 g/mol. The van der Waals surface area contributed by atoms with Crippen LogP contribution in [0.5, 0.6) is 11.5 Å². The molecule has 1 aromatic carbocycles. The number of hydrogen-bond donors (Lipinski definition) is 0. The third-order valence-electron chi connectivity index (χ3n) is 4.04. The smallest absolute Gasteiger partial charge is 0.119 e. The molecule has 1 heterocycles. The summed E-state index contributed by atoms with van der Waals surface area (Å²) in [7, 11) is 2.21. The molecule has 2 aliphatic rings. The molecule has 0 spiro atoms. The SMILES string of the molecule is CN1CCCC1CCOc1ccc(OC2CC2)cc1. The average Bonchev–Trinajstić information content (AvgIpc) is 3.14. The molecule has 3 nitrogen and oxygen atoms in total. The van der Waals surface area contributed by atoms with Crippen molar-refractivity contribution in [3.8, 4) is 11.5 Å². The lowest BCUT2D eigenvalue weighted by Gasteiger charge is -2.19. The molecule has 1 saturated heterocycles. The summed E-state index contributed by atoms with van der Waals surface area (Å²) >= 11 is 0. The third kappa shape index (κ3) is 3.63. The van der Waals surface area contributed by atoms with Gasteiger partial charge >= 0.3 is 0 Å². The maximum Gasteiger partial charge on any atom is 0.119 e. The molecule has 1 aliphatic carbocycles. The minimum Gasteiger partial charge on any atom is -0.494 e. The highest BCUT2D eigenvalue weighted by atomic mass is 16.5. The lowest BCUT2D eigenvalue weighted by molar-refractivity contribution is 0.233. The molecule has 1 atom stereocenters. The van der Waals surface area contributed by atoms with Crippen LogP contribution in [0.15, 0.2) is 24.3 Å². The minimum atomic E-state index is 0.463. The summed E-state index contributed by atoms with van der Waals surface area (Å²) < 4.78 is 11.5. The Bertz CT molecular complexity index is 400. The standard InChI is InChI=1S/C16H23NO2/c1-17-11-2-3-13(17)10-12-18-14-4-6-15(7-5-14)19-16-8-9-16/h4-7,13,16H,2-3,8-12H2,1H3. The number of rotatable bonds is 6. The van der Waals surface area contributed by atoms with E-state index in [0.29, 0.717) is 12.1 Å². The highest BCUT2D eigenvalue weighted by molar-refractivity contribution is 5.31. The van der Waals surface area contributed by atoms with Gasteiger partial charge in [0.2, 0.25) is 0 Å². The van der Waals surface area contributed by atoms with E-state index in [1.165, 1.54) is 32.2 Å². The molecule has 0 aromatic heterocycles. The summed E-state index contributed by atoms with van der Waals surface area (Å²) in [5.74, 6) is 1.91. The molecular formula is C16H23NO2. The monoisotopic (exact) mass is 261 g/mol. The second kappa shape index (κ2) is 5.83. The quantitative estimate of drug-likeness (QED) is 0.785. The topological polar surface area (TPSA) is 21.7 Å². The first-order valence-corrected chi connectivity index (χ1v) is 7.41. The van der Waals surface area contributed by atoms with E-state index < -0.39 is 0 Å². The van der Waals surface area contributed by atoms with Crippen molar-refractivity contribution in [3.63, 3.8) is 0 Å². The van der Waals surface area contributed by atoms with Gasteiger partial charge in [-0.15, -0.1) is 0 Å². The maximum atomic E-state index is 5.81. The van der Waals surface area contributed by atoms with Crippen molar-refractivity contribution in [2.75, 3.05) is 20.2 Å². The molecule has 0 radical (unpaired) electrons.